The molecule has 1 atom stereocenters. The van der Waals surface area contributed by atoms with Crippen molar-refractivity contribution in [2.75, 3.05) is 11.9 Å². The van der Waals surface area contributed by atoms with Crippen LogP contribution in [0.5, 0.6) is 0 Å². The lowest BCUT2D eigenvalue weighted by atomic mass is 10.2. The average Bonchev–Trinajstić information content (AvgIpc) is 2.72. The summed E-state index contributed by atoms with van der Waals surface area (Å²) in [5.41, 5.74) is 0. The number of halogens is 2. The van der Waals surface area contributed by atoms with Gasteiger partial charge in [-0.25, -0.2) is 13.6 Å². The van der Waals surface area contributed by atoms with Crippen LogP contribution in [-0.2, 0) is 6.54 Å². The number of aliphatic hydroxyl groups excluding tert-OH is 1. The number of urea groups is 1. The molecular weight excluding hydrogens is 246 g/mol. The largest absolute Gasteiger partial charge is 0.394 e. The van der Waals surface area contributed by atoms with E-state index in [4.69, 9.17) is 5.11 Å². The zero-order valence-corrected chi connectivity index (χ0v) is 9.94. The molecule has 0 aromatic carbocycles. The maximum absolute atomic E-state index is 12.1. The molecule has 0 aliphatic heterocycles. The molecule has 18 heavy (non-hydrogen) atoms. The van der Waals surface area contributed by atoms with Crippen LogP contribution in [0.3, 0.4) is 0 Å². The molecule has 1 heterocycles. The summed E-state index contributed by atoms with van der Waals surface area (Å²) in [5, 5.41) is 17.6. The summed E-state index contributed by atoms with van der Waals surface area (Å²) < 4.78 is 25.2. The number of alkyl halides is 2. The van der Waals surface area contributed by atoms with Gasteiger partial charge in [0.15, 0.2) is 5.82 Å². The summed E-state index contributed by atoms with van der Waals surface area (Å²) >= 11 is 0. The van der Waals surface area contributed by atoms with Gasteiger partial charge in [0.25, 0.3) is 6.43 Å². The minimum atomic E-state index is -2.49. The number of rotatable bonds is 6. The fourth-order valence-electron chi connectivity index (χ4n) is 1.29. The predicted octanol–water partition coefficient (Wildman–Crippen LogP) is 1.04. The van der Waals surface area contributed by atoms with Crippen molar-refractivity contribution in [2.45, 2.75) is 32.4 Å². The van der Waals surface area contributed by atoms with E-state index in [0.717, 1.165) is 4.68 Å². The molecule has 0 aliphatic rings. The molecule has 0 saturated carbocycles. The first kappa shape index (κ1) is 14.4. The van der Waals surface area contributed by atoms with E-state index in [1.807, 2.05) is 6.92 Å². The van der Waals surface area contributed by atoms with Crippen LogP contribution in [0.1, 0.15) is 13.3 Å². The van der Waals surface area contributed by atoms with Gasteiger partial charge < -0.3 is 10.4 Å². The number of aliphatic hydroxyl groups is 1. The first-order valence-corrected chi connectivity index (χ1v) is 5.55. The second-order valence-electron chi connectivity index (χ2n) is 3.70. The summed E-state index contributed by atoms with van der Waals surface area (Å²) in [7, 11) is 0. The van der Waals surface area contributed by atoms with Crippen LogP contribution in [0.25, 0.3) is 0 Å². The van der Waals surface area contributed by atoms with Crippen LogP contribution in [-0.4, -0.2) is 40.0 Å². The molecule has 1 rings (SSSR count). The van der Waals surface area contributed by atoms with E-state index >= 15 is 0 Å². The Balaban J connectivity index is 2.46. The van der Waals surface area contributed by atoms with Crippen molar-refractivity contribution < 1.29 is 18.7 Å². The highest BCUT2D eigenvalue weighted by molar-refractivity contribution is 5.88. The number of aromatic nitrogens is 2. The van der Waals surface area contributed by atoms with Crippen molar-refractivity contribution in [3.8, 4) is 0 Å². The molecule has 8 heteroatoms. The predicted molar refractivity (Wildman–Crippen MR) is 61.6 cm³/mol. The Bertz CT molecular complexity index is 380. The van der Waals surface area contributed by atoms with Crippen LogP contribution >= 0.6 is 0 Å². The molecule has 3 N–H and O–H groups in total. The quantitative estimate of drug-likeness (QED) is 0.716. The summed E-state index contributed by atoms with van der Waals surface area (Å²) in [6.45, 7) is 1.14. The topological polar surface area (TPSA) is 79.2 Å². The number of carbonyl (C=O) groups is 1. The van der Waals surface area contributed by atoms with Crippen LogP contribution in [0, 0.1) is 0 Å². The highest BCUT2D eigenvalue weighted by Gasteiger charge is 2.11. The van der Waals surface area contributed by atoms with Crippen molar-refractivity contribution in [1.29, 1.82) is 0 Å². The number of nitrogens with zero attached hydrogens (tertiary/aromatic N) is 2. The SMILES string of the molecule is CC[C@@H](CO)NC(=O)Nc1ccn(CC(F)F)n1. The van der Waals surface area contributed by atoms with Gasteiger partial charge in [-0.2, -0.15) is 5.10 Å². The minimum Gasteiger partial charge on any atom is -0.394 e. The normalized spacial score (nSPS) is 12.5. The number of hydrogen-bond donors (Lipinski definition) is 3. The smallest absolute Gasteiger partial charge is 0.320 e. The van der Waals surface area contributed by atoms with Gasteiger partial charge >= 0.3 is 6.03 Å². The Morgan fingerprint density at radius 2 is 2.33 bits per heavy atom. The third kappa shape index (κ3) is 4.66. The molecule has 0 bridgehead atoms. The van der Waals surface area contributed by atoms with Crippen molar-refractivity contribution in [3.63, 3.8) is 0 Å². The fraction of sp³-hybridized carbons (Fsp3) is 0.600. The maximum Gasteiger partial charge on any atom is 0.320 e. The monoisotopic (exact) mass is 262 g/mol. The van der Waals surface area contributed by atoms with E-state index in [9.17, 15) is 13.6 Å². The van der Waals surface area contributed by atoms with Crippen molar-refractivity contribution in [1.82, 2.24) is 15.1 Å². The van der Waals surface area contributed by atoms with Gasteiger partial charge in [-0.05, 0) is 6.42 Å². The van der Waals surface area contributed by atoms with Crippen molar-refractivity contribution in [3.05, 3.63) is 12.3 Å². The number of amides is 2. The number of anilines is 1. The second-order valence-corrected chi connectivity index (χ2v) is 3.70. The molecule has 0 radical (unpaired) electrons. The van der Waals surface area contributed by atoms with Crippen LogP contribution < -0.4 is 10.6 Å². The van der Waals surface area contributed by atoms with Crippen molar-refractivity contribution in [2.24, 2.45) is 0 Å². The Labute approximate surface area is 103 Å². The van der Waals surface area contributed by atoms with Gasteiger partial charge in [0.1, 0.15) is 6.54 Å². The highest BCUT2D eigenvalue weighted by atomic mass is 19.3. The molecule has 0 unspecified atom stereocenters. The van der Waals surface area contributed by atoms with E-state index in [2.05, 4.69) is 15.7 Å². The summed E-state index contributed by atoms with van der Waals surface area (Å²) in [6, 6.07) is 0.549. The molecule has 0 saturated heterocycles. The van der Waals surface area contributed by atoms with Crippen LogP contribution in [0.4, 0.5) is 19.4 Å². The van der Waals surface area contributed by atoms with E-state index in [1.165, 1.54) is 12.3 Å². The Hall–Kier alpha value is -1.70. The van der Waals surface area contributed by atoms with Gasteiger partial charge in [-0.3, -0.25) is 10.00 Å². The molecule has 1 aromatic rings. The lowest BCUT2D eigenvalue weighted by Crippen LogP contribution is -2.39. The maximum atomic E-state index is 12.1. The summed E-state index contributed by atoms with van der Waals surface area (Å²) in [6.07, 6.45) is -0.556. The summed E-state index contributed by atoms with van der Waals surface area (Å²) in [5.74, 6) is 0.181. The molecule has 1 aromatic heterocycles. The van der Waals surface area contributed by atoms with E-state index < -0.39 is 19.0 Å². The van der Waals surface area contributed by atoms with E-state index in [1.54, 1.807) is 0 Å². The van der Waals surface area contributed by atoms with E-state index in [-0.39, 0.29) is 18.5 Å². The second kappa shape index (κ2) is 6.90. The first-order chi connectivity index (χ1) is 8.55. The molecule has 0 fully saturated rings. The molecule has 6 nitrogen and oxygen atoms in total. The zero-order valence-electron chi connectivity index (χ0n) is 9.94. The Morgan fingerprint density at radius 1 is 1.61 bits per heavy atom. The summed E-state index contributed by atoms with van der Waals surface area (Å²) in [4.78, 5) is 11.4. The highest BCUT2D eigenvalue weighted by Crippen LogP contribution is 2.05. The van der Waals surface area contributed by atoms with Gasteiger partial charge in [0.2, 0.25) is 0 Å². The standard InChI is InChI=1S/C10H16F2N4O2/c1-2-7(6-17)13-10(18)14-9-3-4-16(15-9)5-8(11)12/h3-4,7-8,17H,2,5-6H2,1H3,(H2,13,14,15,18)/t7-/m0/s1. The first-order valence-electron chi connectivity index (χ1n) is 5.55. The lowest BCUT2D eigenvalue weighted by molar-refractivity contribution is 0.122. The van der Waals surface area contributed by atoms with Crippen LogP contribution in [0.2, 0.25) is 0 Å². The van der Waals surface area contributed by atoms with Crippen molar-refractivity contribution >= 4 is 11.8 Å². The molecule has 0 spiro atoms. The van der Waals surface area contributed by atoms with Crippen LogP contribution in [0.15, 0.2) is 12.3 Å². The zero-order chi connectivity index (χ0) is 13.5. The molecule has 0 aliphatic carbocycles. The third-order valence-electron chi connectivity index (χ3n) is 2.26. The molecule has 2 amide bonds. The lowest BCUT2D eigenvalue weighted by Gasteiger charge is -2.13. The number of hydrogen-bond acceptors (Lipinski definition) is 3. The Morgan fingerprint density at radius 3 is 2.89 bits per heavy atom. The minimum absolute atomic E-state index is 0.163. The fourth-order valence-corrected chi connectivity index (χ4v) is 1.29. The van der Waals surface area contributed by atoms with Gasteiger partial charge in [-0.1, -0.05) is 6.92 Å². The number of carbonyl (C=O) groups excluding carboxylic acids is 1. The van der Waals surface area contributed by atoms with E-state index in [0.29, 0.717) is 6.42 Å². The van der Waals surface area contributed by atoms with Gasteiger partial charge in [-0.15, -0.1) is 0 Å². The molecule has 102 valence electrons. The van der Waals surface area contributed by atoms with Gasteiger partial charge in [0, 0.05) is 12.3 Å². The molecular formula is C10H16F2N4O2. The number of nitrogens with one attached hydrogen (secondary N) is 2. The average molecular weight is 262 g/mol. The third-order valence-corrected chi connectivity index (χ3v) is 2.26. The Kier molecular flexibility index (Phi) is 5.50. The van der Waals surface area contributed by atoms with Gasteiger partial charge in [0.05, 0.1) is 12.6 Å².